The fourth-order valence-electron chi connectivity index (χ4n) is 2.59. The van der Waals surface area contributed by atoms with E-state index in [2.05, 4.69) is 5.32 Å². The van der Waals surface area contributed by atoms with Crippen LogP contribution >= 0.6 is 11.3 Å². The Morgan fingerprint density at radius 3 is 2.57 bits per heavy atom. The zero-order valence-corrected chi connectivity index (χ0v) is 13.4. The van der Waals surface area contributed by atoms with Gasteiger partial charge in [-0.3, -0.25) is 4.79 Å². The van der Waals surface area contributed by atoms with Gasteiger partial charge in [0, 0.05) is 6.04 Å². The van der Waals surface area contributed by atoms with Gasteiger partial charge in [-0.2, -0.15) is 0 Å². The van der Waals surface area contributed by atoms with E-state index in [0.29, 0.717) is 4.88 Å². The number of esters is 1. The SMILES string of the molecule is CC(C)[C@@H](OC(=O)c1cccs1)C(=O)NC1CCCCC1. The van der Waals surface area contributed by atoms with E-state index >= 15 is 0 Å². The van der Waals surface area contributed by atoms with Crippen molar-refractivity contribution in [3.8, 4) is 0 Å². The maximum absolute atomic E-state index is 12.4. The van der Waals surface area contributed by atoms with Crippen LogP contribution in [-0.4, -0.2) is 24.0 Å². The molecule has 1 fully saturated rings. The Morgan fingerprint density at radius 1 is 1.29 bits per heavy atom. The molecule has 1 N–H and O–H groups in total. The first-order valence-electron chi connectivity index (χ1n) is 7.63. The molecular formula is C16H23NO3S. The Hall–Kier alpha value is -1.36. The molecule has 1 atom stereocenters. The van der Waals surface area contributed by atoms with Gasteiger partial charge in [-0.25, -0.2) is 4.79 Å². The van der Waals surface area contributed by atoms with Crippen LogP contribution in [0.4, 0.5) is 0 Å². The molecule has 1 aliphatic carbocycles. The average Bonchev–Trinajstić information content (AvgIpc) is 2.99. The molecule has 1 amide bonds. The summed E-state index contributed by atoms with van der Waals surface area (Å²) in [4.78, 5) is 24.9. The van der Waals surface area contributed by atoms with Gasteiger partial charge >= 0.3 is 5.97 Å². The third kappa shape index (κ3) is 4.56. The van der Waals surface area contributed by atoms with Crippen molar-refractivity contribution in [3.63, 3.8) is 0 Å². The lowest BCUT2D eigenvalue weighted by atomic mass is 9.95. The summed E-state index contributed by atoms with van der Waals surface area (Å²) in [7, 11) is 0. The van der Waals surface area contributed by atoms with Gasteiger partial charge in [0.25, 0.3) is 5.91 Å². The van der Waals surface area contributed by atoms with Crippen LogP contribution in [0.3, 0.4) is 0 Å². The predicted molar refractivity (Wildman–Crippen MR) is 83.4 cm³/mol. The fraction of sp³-hybridized carbons (Fsp3) is 0.625. The minimum atomic E-state index is -0.721. The van der Waals surface area contributed by atoms with Crippen LogP contribution in [0.25, 0.3) is 0 Å². The highest BCUT2D eigenvalue weighted by Gasteiger charge is 2.29. The minimum absolute atomic E-state index is 0.0440. The molecule has 1 aliphatic rings. The zero-order chi connectivity index (χ0) is 15.2. The summed E-state index contributed by atoms with van der Waals surface area (Å²) >= 11 is 1.33. The standard InChI is InChI=1S/C16H23NO3S/c1-11(2)14(20-16(19)13-9-6-10-21-13)15(18)17-12-7-4-3-5-8-12/h6,9-12,14H,3-5,7-8H2,1-2H3,(H,17,18)/t14-/m1/s1. The normalized spacial score (nSPS) is 17.5. The molecular weight excluding hydrogens is 286 g/mol. The smallest absolute Gasteiger partial charge is 0.349 e. The number of carbonyl (C=O) groups excluding carboxylic acids is 2. The van der Waals surface area contributed by atoms with Gasteiger partial charge in [-0.05, 0) is 30.2 Å². The molecule has 5 heteroatoms. The summed E-state index contributed by atoms with van der Waals surface area (Å²) in [5, 5.41) is 4.86. The molecule has 0 spiro atoms. The largest absolute Gasteiger partial charge is 0.448 e. The van der Waals surface area contributed by atoms with E-state index in [0.717, 1.165) is 25.7 Å². The minimum Gasteiger partial charge on any atom is -0.448 e. The molecule has 0 bridgehead atoms. The monoisotopic (exact) mass is 309 g/mol. The molecule has 0 unspecified atom stereocenters. The molecule has 1 aromatic heterocycles. The van der Waals surface area contributed by atoms with Crippen molar-refractivity contribution < 1.29 is 14.3 Å². The number of hydrogen-bond donors (Lipinski definition) is 1. The second-order valence-corrected chi connectivity index (χ2v) is 6.84. The summed E-state index contributed by atoms with van der Waals surface area (Å²) in [6, 6.07) is 3.74. The number of amides is 1. The number of ether oxygens (including phenoxy) is 1. The van der Waals surface area contributed by atoms with E-state index < -0.39 is 12.1 Å². The first-order valence-corrected chi connectivity index (χ1v) is 8.50. The Balaban J connectivity index is 1.94. The van der Waals surface area contributed by atoms with Crippen LogP contribution in [0.15, 0.2) is 17.5 Å². The highest BCUT2D eigenvalue weighted by molar-refractivity contribution is 7.11. The molecule has 0 saturated heterocycles. The van der Waals surface area contributed by atoms with E-state index in [4.69, 9.17) is 4.74 Å². The first-order chi connectivity index (χ1) is 10.1. The maximum atomic E-state index is 12.4. The van der Waals surface area contributed by atoms with Gasteiger partial charge in [0.05, 0.1) is 0 Å². The molecule has 116 valence electrons. The number of nitrogens with one attached hydrogen (secondary N) is 1. The van der Waals surface area contributed by atoms with E-state index in [9.17, 15) is 9.59 Å². The lowest BCUT2D eigenvalue weighted by Gasteiger charge is -2.26. The predicted octanol–water partition coefficient (Wildman–Crippen LogP) is 3.38. The zero-order valence-electron chi connectivity index (χ0n) is 12.6. The van der Waals surface area contributed by atoms with Gasteiger partial charge in [-0.15, -0.1) is 11.3 Å². The molecule has 1 aromatic rings. The average molecular weight is 309 g/mol. The quantitative estimate of drug-likeness (QED) is 0.848. The second kappa shape index (κ2) is 7.59. The van der Waals surface area contributed by atoms with E-state index in [1.54, 1.807) is 12.1 Å². The molecule has 0 aliphatic heterocycles. The molecule has 4 nitrogen and oxygen atoms in total. The van der Waals surface area contributed by atoms with Crippen molar-refractivity contribution in [1.82, 2.24) is 5.32 Å². The fourth-order valence-corrected chi connectivity index (χ4v) is 3.20. The van der Waals surface area contributed by atoms with Crippen molar-refractivity contribution in [3.05, 3.63) is 22.4 Å². The second-order valence-electron chi connectivity index (χ2n) is 5.89. The highest BCUT2D eigenvalue weighted by atomic mass is 32.1. The molecule has 2 rings (SSSR count). The molecule has 0 radical (unpaired) electrons. The number of rotatable bonds is 5. The van der Waals surface area contributed by atoms with E-state index in [1.807, 2.05) is 19.2 Å². The molecule has 0 aromatic carbocycles. The van der Waals surface area contributed by atoms with Gasteiger partial charge in [-0.1, -0.05) is 39.2 Å². The Morgan fingerprint density at radius 2 is 2.00 bits per heavy atom. The number of thiophene rings is 1. The highest BCUT2D eigenvalue weighted by Crippen LogP contribution is 2.19. The third-order valence-electron chi connectivity index (χ3n) is 3.77. The molecule has 1 heterocycles. The number of carbonyl (C=O) groups is 2. The lowest BCUT2D eigenvalue weighted by molar-refractivity contribution is -0.133. The summed E-state index contributed by atoms with van der Waals surface area (Å²) < 4.78 is 5.42. The number of hydrogen-bond acceptors (Lipinski definition) is 4. The summed E-state index contributed by atoms with van der Waals surface area (Å²) in [6.45, 7) is 3.79. The van der Waals surface area contributed by atoms with Crippen molar-refractivity contribution in [2.45, 2.75) is 58.1 Å². The summed E-state index contributed by atoms with van der Waals surface area (Å²) in [5.74, 6) is -0.623. The van der Waals surface area contributed by atoms with Crippen LogP contribution in [0, 0.1) is 5.92 Å². The summed E-state index contributed by atoms with van der Waals surface area (Å²) in [6.07, 6.45) is 4.89. The summed E-state index contributed by atoms with van der Waals surface area (Å²) in [5.41, 5.74) is 0. The Bertz CT molecular complexity index is 464. The lowest BCUT2D eigenvalue weighted by Crippen LogP contribution is -2.46. The van der Waals surface area contributed by atoms with Crippen LogP contribution in [0.2, 0.25) is 0 Å². The first kappa shape index (κ1) is 16.0. The van der Waals surface area contributed by atoms with Crippen molar-refractivity contribution in [2.24, 2.45) is 5.92 Å². The maximum Gasteiger partial charge on any atom is 0.349 e. The third-order valence-corrected chi connectivity index (χ3v) is 4.62. The van der Waals surface area contributed by atoms with Gasteiger partial charge < -0.3 is 10.1 Å². The molecule has 21 heavy (non-hydrogen) atoms. The van der Waals surface area contributed by atoms with Crippen LogP contribution in [-0.2, 0) is 9.53 Å². The van der Waals surface area contributed by atoms with Gasteiger partial charge in [0.1, 0.15) is 4.88 Å². The van der Waals surface area contributed by atoms with Gasteiger partial charge in [0.15, 0.2) is 6.10 Å². The Kier molecular flexibility index (Phi) is 5.79. The van der Waals surface area contributed by atoms with Crippen LogP contribution < -0.4 is 5.32 Å². The molecule has 1 saturated carbocycles. The van der Waals surface area contributed by atoms with E-state index in [-0.39, 0.29) is 17.9 Å². The van der Waals surface area contributed by atoms with Crippen molar-refractivity contribution in [1.29, 1.82) is 0 Å². The van der Waals surface area contributed by atoms with Crippen LogP contribution in [0.1, 0.15) is 55.6 Å². The topological polar surface area (TPSA) is 55.4 Å². The van der Waals surface area contributed by atoms with Crippen molar-refractivity contribution in [2.75, 3.05) is 0 Å². The van der Waals surface area contributed by atoms with Gasteiger partial charge in [0.2, 0.25) is 0 Å². The van der Waals surface area contributed by atoms with Crippen LogP contribution in [0.5, 0.6) is 0 Å². The van der Waals surface area contributed by atoms with Crippen molar-refractivity contribution >= 4 is 23.2 Å². The Labute approximate surface area is 129 Å². The van der Waals surface area contributed by atoms with E-state index in [1.165, 1.54) is 17.8 Å².